The molecule has 0 atom stereocenters. The normalized spacial score (nSPS) is 16.3. The highest BCUT2D eigenvalue weighted by Gasteiger charge is 2.30. The van der Waals surface area contributed by atoms with Crippen LogP contribution in [0, 0.1) is 0 Å². The lowest BCUT2D eigenvalue weighted by atomic mass is 10.1. The molecule has 0 aliphatic carbocycles. The van der Waals surface area contributed by atoms with E-state index in [1.54, 1.807) is 11.7 Å². The number of hydrogen-bond acceptors (Lipinski definition) is 7. The average molecular weight is 355 g/mol. The van der Waals surface area contributed by atoms with E-state index in [-0.39, 0.29) is 23.1 Å². The van der Waals surface area contributed by atoms with Crippen LogP contribution in [-0.4, -0.2) is 40.1 Å². The lowest BCUT2D eigenvalue weighted by Crippen LogP contribution is -2.22. The number of carbonyl (C=O) groups is 1. The Kier molecular flexibility index (Phi) is 3.96. The van der Waals surface area contributed by atoms with Gasteiger partial charge in [0.2, 0.25) is 5.13 Å². The van der Waals surface area contributed by atoms with Crippen LogP contribution < -0.4 is 5.32 Å². The molecule has 0 saturated carbocycles. The molecule has 0 fully saturated rings. The second kappa shape index (κ2) is 5.68. The molecule has 1 aliphatic heterocycles. The summed E-state index contributed by atoms with van der Waals surface area (Å²) >= 11 is 1.30. The summed E-state index contributed by atoms with van der Waals surface area (Å²) in [6.07, 6.45) is 0.380. The summed E-state index contributed by atoms with van der Waals surface area (Å²) in [7, 11) is -1.46. The highest BCUT2D eigenvalue weighted by molar-refractivity contribution is 7.90. The van der Waals surface area contributed by atoms with Crippen LogP contribution in [0.25, 0.3) is 0 Å². The second-order valence-corrected chi connectivity index (χ2v) is 8.99. The third-order valence-corrected chi connectivity index (χ3v) is 6.35. The van der Waals surface area contributed by atoms with Crippen molar-refractivity contribution in [2.24, 2.45) is 7.05 Å². The first kappa shape index (κ1) is 16.1. The van der Waals surface area contributed by atoms with E-state index in [0.717, 1.165) is 10.7 Å². The molecule has 3 rings (SSSR count). The molecule has 1 N–H and O–H groups in total. The lowest BCUT2D eigenvalue weighted by molar-refractivity contribution is 0.102. The van der Waals surface area contributed by atoms with Crippen LogP contribution in [-0.2, 0) is 29.1 Å². The van der Waals surface area contributed by atoms with E-state index in [0.29, 0.717) is 17.1 Å². The van der Waals surface area contributed by atoms with Gasteiger partial charge in [-0.25, -0.2) is 8.42 Å². The number of aromatic nitrogens is 4. The minimum absolute atomic E-state index is 0.0920. The van der Waals surface area contributed by atoms with Crippen molar-refractivity contribution >= 4 is 32.2 Å². The van der Waals surface area contributed by atoms with Gasteiger partial charge in [-0.15, -0.1) is 10.2 Å². The van der Waals surface area contributed by atoms with E-state index in [1.807, 2.05) is 13.8 Å². The summed E-state index contributed by atoms with van der Waals surface area (Å²) in [5, 5.41) is 16.0. The standard InChI is InChI=1S/C13H17N5O3S2/c1-7(2)12-15-16-13(22-12)14-11(19)10-8-6-23(20,21)5-4-9(8)18(3)17-10/h7H,4-6H2,1-3H3,(H,14,16,19). The maximum Gasteiger partial charge on any atom is 0.278 e. The molecule has 0 bridgehead atoms. The molecule has 23 heavy (non-hydrogen) atoms. The summed E-state index contributed by atoms with van der Waals surface area (Å²) in [5.41, 5.74) is 1.43. The van der Waals surface area contributed by atoms with E-state index in [4.69, 9.17) is 0 Å². The topological polar surface area (TPSA) is 107 Å². The molecule has 0 spiro atoms. The molecule has 2 aromatic heterocycles. The van der Waals surface area contributed by atoms with Crippen molar-refractivity contribution in [3.63, 3.8) is 0 Å². The monoisotopic (exact) mass is 355 g/mol. The van der Waals surface area contributed by atoms with E-state index in [2.05, 4.69) is 20.6 Å². The molecular weight excluding hydrogens is 338 g/mol. The maximum absolute atomic E-state index is 12.4. The van der Waals surface area contributed by atoms with Crippen LogP contribution in [0.2, 0.25) is 0 Å². The Balaban J connectivity index is 1.88. The average Bonchev–Trinajstić information content (AvgIpc) is 3.03. The van der Waals surface area contributed by atoms with Crippen molar-refractivity contribution in [2.45, 2.75) is 31.9 Å². The number of rotatable bonds is 3. The minimum Gasteiger partial charge on any atom is -0.295 e. The van der Waals surface area contributed by atoms with Crippen molar-refractivity contribution in [1.29, 1.82) is 0 Å². The Bertz CT molecular complexity index is 866. The zero-order valence-corrected chi connectivity index (χ0v) is 14.7. The van der Waals surface area contributed by atoms with Crippen molar-refractivity contribution in [3.05, 3.63) is 22.0 Å². The Hall–Kier alpha value is -1.81. The SMILES string of the molecule is CC(C)c1nnc(NC(=O)c2nn(C)c3c2CS(=O)(=O)CC3)s1. The highest BCUT2D eigenvalue weighted by Crippen LogP contribution is 2.26. The molecule has 1 aliphatic rings. The van der Waals surface area contributed by atoms with Crippen LogP contribution in [0.3, 0.4) is 0 Å². The zero-order chi connectivity index (χ0) is 16.8. The summed E-state index contributed by atoms with van der Waals surface area (Å²) < 4.78 is 25.3. The van der Waals surface area contributed by atoms with E-state index < -0.39 is 15.7 Å². The number of nitrogens with one attached hydrogen (secondary N) is 1. The molecule has 0 radical (unpaired) electrons. The van der Waals surface area contributed by atoms with Gasteiger partial charge >= 0.3 is 0 Å². The number of sulfone groups is 1. The largest absolute Gasteiger partial charge is 0.295 e. The van der Waals surface area contributed by atoms with Gasteiger partial charge in [0.25, 0.3) is 5.91 Å². The number of nitrogens with zero attached hydrogens (tertiary/aromatic N) is 4. The van der Waals surface area contributed by atoms with Gasteiger partial charge in [0, 0.05) is 30.6 Å². The van der Waals surface area contributed by atoms with Crippen molar-refractivity contribution in [1.82, 2.24) is 20.0 Å². The summed E-state index contributed by atoms with van der Waals surface area (Å²) in [6.45, 7) is 3.98. The molecular formula is C13H17N5O3S2. The Morgan fingerprint density at radius 1 is 1.35 bits per heavy atom. The van der Waals surface area contributed by atoms with Gasteiger partial charge in [-0.1, -0.05) is 25.2 Å². The number of fused-ring (bicyclic) bond motifs is 1. The fourth-order valence-electron chi connectivity index (χ4n) is 2.47. The molecule has 0 saturated heterocycles. The highest BCUT2D eigenvalue weighted by atomic mass is 32.2. The van der Waals surface area contributed by atoms with Crippen LogP contribution in [0.4, 0.5) is 5.13 Å². The molecule has 10 heteroatoms. The van der Waals surface area contributed by atoms with Crippen LogP contribution in [0.5, 0.6) is 0 Å². The van der Waals surface area contributed by atoms with Gasteiger partial charge in [-0.2, -0.15) is 5.10 Å². The third-order valence-electron chi connectivity index (χ3n) is 3.66. The Labute approximate surface area is 137 Å². The van der Waals surface area contributed by atoms with Gasteiger partial charge in [-0.3, -0.25) is 14.8 Å². The Morgan fingerprint density at radius 2 is 2.09 bits per heavy atom. The smallest absolute Gasteiger partial charge is 0.278 e. The van der Waals surface area contributed by atoms with E-state index in [1.165, 1.54) is 11.3 Å². The molecule has 8 nitrogen and oxygen atoms in total. The molecule has 0 unspecified atom stereocenters. The quantitative estimate of drug-likeness (QED) is 0.884. The number of anilines is 1. The third kappa shape index (κ3) is 3.13. The zero-order valence-electron chi connectivity index (χ0n) is 13.0. The van der Waals surface area contributed by atoms with Crippen LogP contribution in [0.1, 0.15) is 46.5 Å². The van der Waals surface area contributed by atoms with Gasteiger partial charge in [0.15, 0.2) is 15.5 Å². The molecule has 0 aromatic carbocycles. The van der Waals surface area contributed by atoms with Crippen LogP contribution in [0.15, 0.2) is 0 Å². The van der Waals surface area contributed by atoms with Crippen molar-refractivity contribution < 1.29 is 13.2 Å². The Morgan fingerprint density at radius 3 is 2.74 bits per heavy atom. The molecule has 124 valence electrons. The van der Waals surface area contributed by atoms with E-state index in [9.17, 15) is 13.2 Å². The molecule has 3 heterocycles. The first-order valence-electron chi connectivity index (χ1n) is 7.17. The number of carbonyl (C=O) groups excluding carboxylic acids is 1. The fourth-order valence-corrected chi connectivity index (χ4v) is 4.60. The first-order valence-corrected chi connectivity index (χ1v) is 9.80. The van der Waals surface area contributed by atoms with Crippen molar-refractivity contribution in [3.8, 4) is 0 Å². The van der Waals surface area contributed by atoms with Gasteiger partial charge in [-0.05, 0) is 0 Å². The van der Waals surface area contributed by atoms with E-state index >= 15 is 0 Å². The fraction of sp³-hybridized carbons (Fsp3) is 0.538. The predicted octanol–water partition coefficient (Wildman–Crippen LogP) is 1.12. The van der Waals surface area contributed by atoms with Gasteiger partial charge in [0.1, 0.15) is 5.01 Å². The van der Waals surface area contributed by atoms with Gasteiger partial charge in [0.05, 0.1) is 11.5 Å². The van der Waals surface area contributed by atoms with Crippen LogP contribution >= 0.6 is 11.3 Å². The molecule has 1 amide bonds. The number of hydrogen-bond donors (Lipinski definition) is 1. The first-order chi connectivity index (χ1) is 10.8. The maximum atomic E-state index is 12.4. The lowest BCUT2D eigenvalue weighted by Gasteiger charge is -2.13. The number of amides is 1. The van der Waals surface area contributed by atoms with Gasteiger partial charge < -0.3 is 0 Å². The minimum atomic E-state index is -3.18. The summed E-state index contributed by atoms with van der Waals surface area (Å²) in [4.78, 5) is 12.4. The predicted molar refractivity (Wildman–Crippen MR) is 86.4 cm³/mol. The second-order valence-electron chi connectivity index (χ2n) is 5.79. The van der Waals surface area contributed by atoms with Crippen molar-refractivity contribution in [2.75, 3.05) is 11.1 Å². The summed E-state index contributed by atoms with van der Waals surface area (Å²) in [5.74, 6) is -0.280. The number of aryl methyl sites for hydroxylation is 1. The summed E-state index contributed by atoms with van der Waals surface area (Å²) in [6, 6.07) is 0. The molecule has 2 aromatic rings.